The summed E-state index contributed by atoms with van der Waals surface area (Å²) in [4.78, 5) is 3.67. The van der Waals surface area contributed by atoms with Gasteiger partial charge in [-0.15, -0.1) is 11.8 Å². The third-order valence-corrected chi connectivity index (χ3v) is 6.93. The monoisotopic (exact) mass is 447 g/mol. The molecule has 0 bridgehead atoms. The summed E-state index contributed by atoms with van der Waals surface area (Å²) in [5.74, 6) is -12.0. The standard InChI is InChI=1S/C13H10F5N3O3S3/c14-7-5(8(15)10(17)11(18)9(7)16)3-27(22,23)21-4-26-2-1-6(21)12-19-13(25)24-20-12/h6H,1-4H2,(H,19,20,25). The predicted octanol–water partition coefficient (Wildman–Crippen LogP) is 3.40. The first kappa shape index (κ1) is 20.2. The third-order valence-electron chi connectivity index (χ3n) is 3.86. The molecule has 0 radical (unpaired) electrons. The third kappa shape index (κ3) is 3.75. The molecule has 1 aromatic heterocycles. The zero-order valence-electron chi connectivity index (χ0n) is 13.1. The van der Waals surface area contributed by atoms with Gasteiger partial charge in [-0.1, -0.05) is 0 Å². The van der Waals surface area contributed by atoms with E-state index in [1.54, 1.807) is 0 Å². The lowest BCUT2D eigenvalue weighted by Gasteiger charge is -2.32. The molecular formula is C13H10F5N3O3S3. The summed E-state index contributed by atoms with van der Waals surface area (Å²) in [5, 5.41) is 2.37. The Bertz CT molecular complexity index is 1010. The number of hydrogen-bond donors (Lipinski definition) is 1. The van der Waals surface area contributed by atoms with E-state index in [0.29, 0.717) is 5.75 Å². The van der Waals surface area contributed by atoms with Crippen LogP contribution in [-0.2, 0) is 15.8 Å². The quantitative estimate of drug-likeness (QED) is 0.335. The van der Waals surface area contributed by atoms with Crippen LogP contribution < -0.4 is 0 Å². The van der Waals surface area contributed by atoms with Gasteiger partial charge in [0.1, 0.15) is 0 Å². The summed E-state index contributed by atoms with van der Waals surface area (Å²) in [6.07, 6.45) is 0.277. The van der Waals surface area contributed by atoms with Gasteiger partial charge in [-0.05, 0) is 24.4 Å². The van der Waals surface area contributed by atoms with E-state index in [9.17, 15) is 30.4 Å². The van der Waals surface area contributed by atoms with E-state index in [0.717, 1.165) is 4.31 Å². The van der Waals surface area contributed by atoms with Gasteiger partial charge in [-0.2, -0.15) is 9.29 Å². The topological polar surface area (TPSA) is 79.2 Å². The van der Waals surface area contributed by atoms with Crippen molar-refractivity contribution < 1.29 is 34.9 Å². The van der Waals surface area contributed by atoms with E-state index >= 15 is 0 Å². The first-order valence-corrected chi connectivity index (χ1v) is 10.4. The fourth-order valence-corrected chi connectivity index (χ4v) is 5.82. The number of benzene rings is 1. The van der Waals surface area contributed by atoms with Crippen LogP contribution >= 0.6 is 24.0 Å². The number of sulfonamides is 1. The van der Waals surface area contributed by atoms with Crippen molar-refractivity contribution in [2.45, 2.75) is 18.2 Å². The lowest BCUT2D eigenvalue weighted by atomic mass is 10.2. The van der Waals surface area contributed by atoms with Gasteiger partial charge in [0.2, 0.25) is 15.8 Å². The molecule has 1 atom stereocenters. The van der Waals surface area contributed by atoms with Gasteiger partial charge < -0.3 is 4.52 Å². The maximum atomic E-state index is 13.9. The summed E-state index contributed by atoms with van der Waals surface area (Å²) >= 11 is 5.93. The number of nitrogens with zero attached hydrogens (tertiary/aromatic N) is 2. The Morgan fingerprint density at radius 3 is 2.30 bits per heavy atom. The number of nitrogens with one attached hydrogen (secondary N) is 1. The van der Waals surface area contributed by atoms with Gasteiger partial charge in [-0.3, -0.25) is 0 Å². The Morgan fingerprint density at radius 1 is 1.15 bits per heavy atom. The van der Waals surface area contributed by atoms with Gasteiger partial charge in [-0.25, -0.2) is 35.5 Å². The number of aromatic nitrogens is 2. The summed E-state index contributed by atoms with van der Waals surface area (Å²) in [7, 11) is -4.47. The van der Waals surface area contributed by atoms with Gasteiger partial charge in [0, 0.05) is 5.56 Å². The second-order valence-electron chi connectivity index (χ2n) is 5.50. The first-order chi connectivity index (χ1) is 12.6. The molecule has 0 spiro atoms. The molecular weight excluding hydrogens is 437 g/mol. The zero-order valence-corrected chi connectivity index (χ0v) is 15.6. The van der Waals surface area contributed by atoms with Gasteiger partial charge in [0.15, 0.2) is 29.1 Å². The Morgan fingerprint density at radius 2 is 1.74 bits per heavy atom. The highest BCUT2D eigenvalue weighted by Gasteiger charge is 2.38. The predicted molar refractivity (Wildman–Crippen MR) is 87.1 cm³/mol. The maximum Gasteiger partial charge on any atom is 0.314 e. The van der Waals surface area contributed by atoms with Crippen LogP contribution in [0.3, 0.4) is 0 Å². The van der Waals surface area contributed by atoms with E-state index in [2.05, 4.69) is 10.1 Å². The molecule has 2 aromatic rings. The van der Waals surface area contributed by atoms with Crippen LogP contribution in [0.5, 0.6) is 0 Å². The molecule has 1 saturated heterocycles. The maximum absolute atomic E-state index is 13.9. The molecule has 1 aliphatic rings. The summed E-state index contributed by atoms with van der Waals surface area (Å²) in [6.45, 7) is 0. The molecule has 14 heteroatoms. The highest BCUT2D eigenvalue weighted by Crippen LogP contribution is 2.35. The molecule has 148 valence electrons. The smallest absolute Gasteiger partial charge is 0.314 e. The Hall–Kier alpha value is -1.51. The number of hydrogen-bond acceptors (Lipinski definition) is 6. The average Bonchev–Trinajstić information content (AvgIpc) is 3.08. The zero-order chi connectivity index (χ0) is 19.9. The van der Waals surface area contributed by atoms with Crippen molar-refractivity contribution in [1.82, 2.24) is 14.4 Å². The van der Waals surface area contributed by atoms with Crippen molar-refractivity contribution in [3.8, 4) is 0 Å². The molecule has 0 saturated carbocycles. The van der Waals surface area contributed by atoms with Crippen LogP contribution in [0.1, 0.15) is 23.9 Å². The van der Waals surface area contributed by atoms with Gasteiger partial charge >= 0.3 is 4.84 Å². The van der Waals surface area contributed by atoms with Crippen molar-refractivity contribution >= 4 is 34.0 Å². The minimum absolute atomic E-state index is 0.0845. The lowest BCUT2D eigenvalue weighted by Crippen LogP contribution is -2.39. The van der Waals surface area contributed by atoms with Gasteiger partial charge in [0.25, 0.3) is 0 Å². The molecule has 27 heavy (non-hydrogen) atoms. The summed E-state index contributed by atoms with van der Waals surface area (Å²) < 4.78 is 98.6. The van der Waals surface area contributed by atoms with E-state index < -0.39 is 56.5 Å². The van der Waals surface area contributed by atoms with Crippen LogP contribution in [0.4, 0.5) is 22.0 Å². The molecule has 1 aromatic carbocycles. The van der Waals surface area contributed by atoms with Crippen LogP contribution in [0.2, 0.25) is 0 Å². The van der Waals surface area contributed by atoms with Crippen LogP contribution in [0.15, 0.2) is 4.52 Å². The number of halogens is 5. The highest BCUT2D eigenvalue weighted by atomic mass is 32.2. The minimum Gasteiger partial charge on any atom is -0.348 e. The Kier molecular flexibility index (Phi) is 5.61. The summed E-state index contributed by atoms with van der Waals surface area (Å²) in [5.41, 5.74) is -1.42. The normalized spacial score (nSPS) is 18.8. The number of H-pyrrole nitrogens is 1. The average molecular weight is 447 g/mol. The molecule has 6 nitrogen and oxygen atoms in total. The Balaban J connectivity index is 2.00. The van der Waals surface area contributed by atoms with E-state index in [-0.39, 0.29) is 23.0 Å². The second kappa shape index (κ2) is 7.48. The lowest BCUT2D eigenvalue weighted by molar-refractivity contribution is 0.316. The minimum atomic E-state index is -4.47. The first-order valence-electron chi connectivity index (χ1n) is 7.26. The number of rotatable bonds is 4. The number of thioether (sulfide) groups is 1. The number of aromatic amines is 1. The molecule has 0 amide bonds. The second-order valence-corrected chi connectivity index (χ2v) is 8.85. The van der Waals surface area contributed by atoms with Crippen molar-refractivity contribution in [3.63, 3.8) is 0 Å². The fourth-order valence-electron chi connectivity index (χ4n) is 2.56. The highest BCUT2D eigenvalue weighted by molar-refractivity contribution is 8.00. The van der Waals surface area contributed by atoms with Crippen LogP contribution in [-0.4, -0.2) is 34.5 Å². The van der Waals surface area contributed by atoms with E-state index in [1.165, 1.54) is 11.8 Å². The molecule has 1 N–H and O–H groups in total. The largest absolute Gasteiger partial charge is 0.348 e. The molecule has 1 aliphatic heterocycles. The van der Waals surface area contributed by atoms with Crippen molar-refractivity contribution in [1.29, 1.82) is 0 Å². The summed E-state index contributed by atoms with van der Waals surface area (Å²) in [6, 6.07) is -0.877. The van der Waals surface area contributed by atoms with Crippen molar-refractivity contribution in [2.24, 2.45) is 0 Å². The fraction of sp³-hybridized carbons (Fsp3) is 0.385. The molecule has 3 rings (SSSR count). The van der Waals surface area contributed by atoms with Crippen LogP contribution in [0.25, 0.3) is 0 Å². The Labute approximate surface area is 158 Å². The van der Waals surface area contributed by atoms with E-state index in [4.69, 9.17) is 16.7 Å². The molecule has 0 aliphatic carbocycles. The SMILES string of the molecule is O=S(=O)(Cc1c(F)c(F)c(F)c(F)c1F)N1CSCCC1c1nc(=S)o[nH]1. The van der Waals surface area contributed by atoms with Crippen molar-refractivity contribution in [2.75, 3.05) is 11.6 Å². The molecule has 2 heterocycles. The van der Waals surface area contributed by atoms with Crippen LogP contribution in [0, 0.1) is 33.9 Å². The van der Waals surface area contributed by atoms with Crippen molar-refractivity contribution in [3.05, 3.63) is 45.3 Å². The molecule has 1 fully saturated rings. The van der Waals surface area contributed by atoms with E-state index in [1.807, 2.05) is 0 Å². The van der Waals surface area contributed by atoms with Gasteiger partial charge in [0.05, 0.1) is 17.7 Å². The molecule has 1 unspecified atom stereocenters.